The van der Waals surface area contributed by atoms with Crippen LogP contribution in [-0.2, 0) is 11.3 Å². The molecule has 2 heterocycles. The molecule has 144 valence electrons. The Labute approximate surface area is 165 Å². The van der Waals surface area contributed by atoms with E-state index in [-0.39, 0.29) is 16.8 Å². The molecule has 0 spiro atoms. The smallest absolute Gasteiger partial charge is 0.261 e. The van der Waals surface area contributed by atoms with Crippen molar-refractivity contribution in [2.45, 2.75) is 18.9 Å². The van der Waals surface area contributed by atoms with Crippen molar-refractivity contribution in [1.82, 2.24) is 15.0 Å². The van der Waals surface area contributed by atoms with E-state index >= 15 is 0 Å². The van der Waals surface area contributed by atoms with E-state index in [1.54, 1.807) is 18.1 Å². The van der Waals surface area contributed by atoms with E-state index in [0.717, 1.165) is 5.56 Å². The first kappa shape index (κ1) is 18.4. The van der Waals surface area contributed by atoms with E-state index in [1.807, 2.05) is 24.3 Å². The first-order chi connectivity index (χ1) is 13.5. The number of amides is 1. The summed E-state index contributed by atoms with van der Waals surface area (Å²) < 4.78 is 24.0. The molecular weight excluding hydrogens is 385 g/mol. The minimum atomic E-state index is -0.480. The Bertz CT molecular complexity index is 1020. The molecule has 1 fully saturated rings. The Hall–Kier alpha value is -2.93. The first-order valence-corrected chi connectivity index (χ1v) is 9.11. The number of hydrogen-bond donors (Lipinski definition) is 0. The summed E-state index contributed by atoms with van der Waals surface area (Å²) in [7, 11) is 1.57. The minimum absolute atomic E-state index is 0.0194. The van der Waals surface area contributed by atoms with E-state index in [1.165, 1.54) is 12.1 Å². The lowest BCUT2D eigenvalue weighted by atomic mass is 10.1. The maximum Gasteiger partial charge on any atom is 0.261 e. The lowest BCUT2D eigenvalue weighted by molar-refractivity contribution is -0.128. The molecule has 0 N–H and O–H groups in total. The van der Waals surface area contributed by atoms with Crippen molar-refractivity contribution in [1.29, 1.82) is 0 Å². The standard InChI is InChI=1S/C20H17ClFN3O3/c1-27-17-5-3-2-4-14(17)20-23-19(24-28-20)13-9-18(26)25(11-13)10-12-6-7-16(22)15(21)8-12/h2-8,13H,9-11H2,1H3. The van der Waals surface area contributed by atoms with Gasteiger partial charge in [-0.2, -0.15) is 4.98 Å². The fourth-order valence-corrected chi connectivity index (χ4v) is 3.49. The minimum Gasteiger partial charge on any atom is -0.496 e. The number of hydrogen-bond acceptors (Lipinski definition) is 5. The molecule has 28 heavy (non-hydrogen) atoms. The third-order valence-electron chi connectivity index (χ3n) is 4.72. The fourth-order valence-electron chi connectivity index (χ4n) is 3.29. The zero-order chi connectivity index (χ0) is 19.7. The summed E-state index contributed by atoms with van der Waals surface area (Å²) in [5.74, 6) is 0.795. The molecule has 1 aliphatic rings. The molecule has 1 unspecified atom stereocenters. The number of halogens is 2. The van der Waals surface area contributed by atoms with Crippen molar-refractivity contribution >= 4 is 17.5 Å². The summed E-state index contributed by atoms with van der Waals surface area (Å²) in [4.78, 5) is 18.6. The molecule has 1 aromatic heterocycles. The number of nitrogens with zero attached hydrogens (tertiary/aromatic N) is 3. The lowest BCUT2D eigenvalue weighted by Crippen LogP contribution is -2.24. The number of likely N-dealkylation sites (tertiary alicyclic amines) is 1. The Morgan fingerprint density at radius 2 is 2.14 bits per heavy atom. The molecule has 6 nitrogen and oxygen atoms in total. The van der Waals surface area contributed by atoms with Crippen molar-refractivity contribution in [3.05, 3.63) is 64.7 Å². The van der Waals surface area contributed by atoms with Crippen LogP contribution in [0.1, 0.15) is 23.7 Å². The van der Waals surface area contributed by atoms with Crippen LogP contribution in [0.25, 0.3) is 11.5 Å². The van der Waals surface area contributed by atoms with Crippen LogP contribution in [0.2, 0.25) is 5.02 Å². The number of aromatic nitrogens is 2. The van der Waals surface area contributed by atoms with Crippen molar-refractivity contribution in [2.24, 2.45) is 0 Å². The number of carbonyl (C=O) groups is 1. The SMILES string of the molecule is COc1ccccc1-c1nc(C2CC(=O)N(Cc3ccc(F)c(Cl)c3)C2)no1. The van der Waals surface area contributed by atoms with Crippen LogP contribution < -0.4 is 4.74 Å². The predicted octanol–water partition coefficient (Wildman–Crippen LogP) is 4.05. The highest BCUT2D eigenvalue weighted by Crippen LogP contribution is 2.32. The zero-order valence-corrected chi connectivity index (χ0v) is 15.8. The van der Waals surface area contributed by atoms with Gasteiger partial charge in [0, 0.05) is 25.4 Å². The van der Waals surface area contributed by atoms with E-state index in [0.29, 0.717) is 42.5 Å². The third-order valence-corrected chi connectivity index (χ3v) is 5.01. The molecule has 1 amide bonds. The molecular formula is C20H17ClFN3O3. The lowest BCUT2D eigenvalue weighted by Gasteiger charge is -2.16. The van der Waals surface area contributed by atoms with Crippen LogP contribution in [0.5, 0.6) is 5.75 Å². The van der Waals surface area contributed by atoms with Crippen LogP contribution in [0.15, 0.2) is 47.0 Å². The summed E-state index contributed by atoms with van der Waals surface area (Å²) in [6.07, 6.45) is 0.291. The Morgan fingerprint density at radius 3 is 2.93 bits per heavy atom. The van der Waals surface area contributed by atoms with E-state index in [9.17, 15) is 9.18 Å². The second-order valence-electron chi connectivity index (χ2n) is 6.58. The molecule has 2 aromatic carbocycles. The number of ether oxygens (including phenoxy) is 1. The summed E-state index contributed by atoms with van der Waals surface area (Å²) in [5.41, 5.74) is 1.47. The summed E-state index contributed by atoms with van der Waals surface area (Å²) >= 11 is 5.82. The van der Waals surface area contributed by atoms with Gasteiger partial charge in [0.1, 0.15) is 11.6 Å². The van der Waals surface area contributed by atoms with Crippen molar-refractivity contribution < 1.29 is 18.4 Å². The second kappa shape index (κ2) is 7.59. The van der Waals surface area contributed by atoms with Gasteiger partial charge in [-0.25, -0.2) is 4.39 Å². The van der Waals surface area contributed by atoms with Gasteiger partial charge in [-0.05, 0) is 29.8 Å². The molecule has 0 aliphatic carbocycles. The van der Waals surface area contributed by atoms with Crippen LogP contribution in [0.3, 0.4) is 0 Å². The van der Waals surface area contributed by atoms with Crippen molar-refractivity contribution in [3.8, 4) is 17.2 Å². The van der Waals surface area contributed by atoms with E-state index in [4.69, 9.17) is 20.9 Å². The van der Waals surface area contributed by atoms with Crippen molar-refractivity contribution in [2.75, 3.05) is 13.7 Å². The number of para-hydroxylation sites is 1. The average Bonchev–Trinajstić information content (AvgIpc) is 3.32. The van der Waals surface area contributed by atoms with Gasteiger partial charge in [-0.3, -0.25) is 4.79 Å². The number of rotatable bonds is 5. The van der Waals surface area contributed by atoms with Gasteiger partial charge in [0.05, 0.1) is 17.7 Å². The molecule has 3 aromatic rings. The molecule has 4 rings (SSSR count). The molecule has 1 atom stereocenters. The Balaban J connectivity index is 1.50. The van der Waals surface area contributed by atoms with Crippen LogP contribution in [0, 0.1) is 5.82 Å². The van der Waals surface area contributed by atoms with Crippen LogP contribution in [0.4, 0.5) is 4.39 Å². The Kier molecular flexibility index (Phi) is 5.00. The predicted molar refractivity (Wildman–Crippen MR) is 100 cm³/mol. The van der Waals surface area contributed by atoms with Gasteiger partial charge in [0.2, 0.25) is 5.91 Å². The van der Waals surface area contributed by atoms with Gasteiger partial charge in [0.15, 0.2) is 5.82 Å². The highest BCUT2D eigenvalue weighted by atomic mass is 35.5. The first-order valence-electron chi connectivity index (χ1n) is 8.74. The summed E-state index contributed by atoms with van der Waals surface area (Å²) in [5, 5.41) is 4.10. The average molecular weight is 402 g/mol. The molecule has 1 saturated heterocycles. The molecule has 0 radical (unpaired) electrons. The maximum absolute atomic E-state index is 13.3. The summed E-state index contributed by atoms with van der Waals surface area (Å²) in [6.45, 7) is 0.811. The third kappa shape index (κ3) is 3.57. The van der Waals surface area contributed by atoms with E-state index in [2.05, 4.69) is 10.1 Å². The molecule has 8 heteroatoms. The normalized spacial score (nSPS) is 16.6. The van der Waals surface area contributed by atoms with Gasteiger partial charge >= 0.3 is 0 Å². The monoisotopic (exact) mass is 401 g/mol. The maximum atomic E-state index is 13.3. The van der Waals surface area contributed by atoms with Gasteiger partial charge < -0.3 is 14.2 Å². The highest BCUT2D eigenvalue weighted by molar-refractivity contribution is 6.30. The quantitative estimate of drug-likeness (QED) is 0.645. The van der Waals surface area contributed by atoms with Crippen molar-refractivity contribution in [3.63, 3.8) is 0 Å². The van der Waals surface area contributed by atoms with Gasteiger partial charge in [-0.15, -0.1) is 0 Å². The molecule has 1 aliphatic heterocycles. The fraction of sp³-hybridized carbons (Fsp3) is 0.250. The molecule has 0 saturated carbocycles. The van der Waals surface area contributed by atoms with Gasteiger partial charge in [0.25, 0.3) is 5.89 Å². The molecule has 0 bridgehead atoms. The number of carbonyl (C=O) groups excluding carboxylic acids is 1. The Morgan fingerprint density at radius 1 is 1.32 bits per heavy atom. The number of benzene rings is 2. The largest absolute Gasteiger partial charge is 0.496 e. The zero-order valence-electron chi connectivity index (χ0n) is 15.1. The number of methoxy groups -OCH3 is 1. The van der Waals surface area contributed by atoms with Gasteiger partial charge in [-0.1, -0.05) is 35.0 Å². The summed E-state index contributed by atoms with van der Waals surface area (Å²) in [6, 6.07) is 11.8. The van der Waals surface area contributed by atoms with Crippen LogP contribution in [-0.4, -0.2) is 34.6 Å². The van der Waals surface area contributed by atoms with Crippen LogP contribution >= 0.6 is 11.6 Å². The highest BCUT2D eigenvalue weighted by Gasteiger charge is 2.34. The second-order valence-corrected chi connectivity index (χ2v) is 6.99. The van der Waals surface area contributed by atoms with E-state index < -0.39 is 5.82 Å². The topological polar surface area (TPSA) is 68.5 Å².